The molecule has 3 aliphatic rings. The number of hydrogen-bond donors (Lipinski definition) is 2. The van der Waals surface area contributed by atoms with E-state index in [1.165, 1.54) is 11.3 Å². The van der Waals surface area contributed by atoms with Crippen molar-refractivity contribution in [2.75, 3.05) is 25.9 Å². The largest absolute Gasteiger partial charge is 0.434 e. The summed E-state index contributed by atoms with van der Waals surface area (Å²) in [6.45, 7) is 2.07. The van der Waals surface area contributed by atoms with Crippen molar-refractivity contribution in [2.45, 2.75) is 102 Å². The molecule has 1 amide bonds. The average Bonchev–Trinajstić information content (AvgIpc) is 3.78. The zero-order valence-corrected chi connectivity index (χ0v) is 31.5. The summed E-state index contributed by atoms with van der Waals surface area (Å²) in [5.74, 6) is -1.03. The highest BCUT2D eigenvalue weighted by atomic mass is 35.5. The van der Waals surface area contributed by atoms with E-state index in [9.17, 15) is 22.8 Å². The van der Waals surface area contributed by atoms with Crippen molar-refractivity contribution in [3.05, 3.63) is 65.0 Å². The number of oxazole rings is 1. The van der Waals surface area contributed by atoms with Crippen LogP contribution in [0, 0.1) is 17.8 Å². The zero-order chi connectivity index (χ0) is 36.7. The number of halogens is 1. The van der Waals surface area contributed by atoms with Gasteiger partial charge in [0.2, 0.25) is 21.7 Å². The number of hydrogen-bond acceptors (Lipinski definition) is 9. The lowest BCUT2D eigenvalue weighted by Crippen LogP contribution is -2.52. The molecule has 1 aliphatic carbocycles. The third-order valence-electron chi connectivity index (χ3n) is 11.0. The molecule has 282 valence electrons. The van der Waals surface area contributed by atoms with E-state index in [1.807, 2.05) is 24.3 Å². The maximum absolute atomic E-state index is 14.5. The van der Waals surface area contributed by atoms with Crippen LogP contribution in [-0.4, -0.2) is 79.9 Å². The van der Waals surface area contributed by atoms with E-state index in [0.717, 1.165) is 69.9 Å². The molecule has 13 heteroatoms. The molecule has 6 rings (SSSR count). The molecule has 11 nitrogen and oxygen atoms in total. The number of ketones is 2. The number of sulfonamides is 1. The number of likely N-dealkylation sites (tertiary alicyclic amines) is 1. The second kappa shape index (κ2) is 17.8. The van der Waals surface area contributed by atoms with Gasteiger partial charge in [-0.15, -0.1) is 0 Å². The van der Waals surface area contributed by atoms with Crippen molar-refractivity contribution in [2.24, 2.45) is 17.8 Å². The number of aromatic nitrogens is 1. The minimum Gasteiger partial charge on any atom is -0.434 e. The van der Waals surface area contributed by atoms with Gasteiger partial charge in [0.05, 0.1) is 25.0 Å². The van der Waals surface area contributed by atoms with E-state index in [1.54, 1.807) is 24.3 Å². The van der Waals surface area contributed by atoms with Crippen LogP contribution >= 0.6 is 11.6 Å². The number of carbonyl (C=O) groups excluding carboxylic acids is 3. The molecule has 0 unspecified atom stereocenters. The molecule has 1 saturated carbocycles. The fraction of sp³-hybridized carbons (Fsp3) is 0.590. The molecular formula is C39H51ClN4O7S. The Labute approximate surface area is 311 Å². The Kier molecular flexibility index (Phi) is 13.2. The maximum atomic E-state index is 14.5. The number of fused-ring (bicyclic) bond motifs is 1. The number of amides is 1. The number of Topliss-reactive ketones (excluding diaryl/α,β-unsaturated/α-hetero) is 2. The Bertz CT molecular complexity index is 1750. The number of nitrogens with zero attached hydrogens (tertiary/aromatic N) is 2. The molecule has 2 aromatic carbocycles. The number of benzene rings is 2. The van der Waals surface area contributed by atoms with Gasteiger partial charge in [-0.1, -0.05) is 68.0 Å². The van der Waals surface area contributed by atoms with Crippen LogP contribution in [0.1, 0.15) is 93.3 Å². The fourth-order valence-corrected chi connectivity index (χ4v) is 9.03. The normalized spacial score (nSPS) is 21.7. The van der Waals surface area contributed by atoms with E-state index in [2.05, 4.69) is 15.0 Å². The van der Waals surface area contributed by atoms with Crippen molar-refractivity contribution in [3.63, 3.8) is 0 Å². The minimum atomic E-state index is -3.73. The Hall–Kier alpha value is -3.16. The third kappa shape index (κ3) is 10.5. The van der Waals surface area contributed by atoms with Crippen molar-refractivity contribution >= 4 is 50.2 Å². The highest BCUT2D eigenvalue weighted by molar-refractivity contribution is 7.88. The van der Waals surface area contributed by atoms with Gasteiger partial charge >= 0.3 is 0 Å². The smallest absolute Gasteiger partial charge is 0.264 e. The summed E-state index contributed by atoms with van der Waals surface area (Å²) < 4.78 is 39.8. The van der Waals surface area contributed by atoms with E-state index >= 15 is 0 Å². The van der Waals surface area contributed by atoms with E-state index in [-0.39, 0.29) is 49.4 Å². The Morgan fingerprint density at radius 2 is 1.75 bits per heavy atom. The summed E-state index contributed by atoms with van der Waals surface area (Å²) >= 11 is 6.07. The molecule has 0 bridgehead atoms. The summed E-state index contributed by atoms with van der Waals surface area (Å²) in [7, 11) is -3.73. The molecule has 0 radical (unpaired) electrons. The standard InChI is InChI=1S/C39H51ClN4O7S/c1-52(48,49)43-33(16-13-26-7-3-2-4-8-26)39(47)44-24-31(50-25-28-11-14-30(40)15-12-28)23-34(44)35(45)22-29(21-27-17-19-41-20-18-27)37(46)38-42-32-9-5-6-10-36(32)51-38/h5-6,9-12,14-15,26-27,29,31,33-34,41,43H,2-4,7-8,13,16-25H2,1H3/t29-,31-,33-,34+/m1/s1. The second-order valence-electron chi connectivity index (χ2n) is 15.0. The second-order valence-corrected chi connectivity index (χ2v) is 17.2. The molecule has 0 spiro atoms. The van der Waals surface area contributed by atoms with Crippen LogP contribution in [0.2, 0.25) is 5.02 Å². The molecule has 4 atom stereocenters. The lowest BCUT2D eigenvalue weighted by molar-refractivity contribution is -0.139. The molecule has 1 aromatic heterocycles. The van der Waals surface area contributed by atoms with Crippen LogP contribution in [0.4, 0.5) is 0 Å². The molecule has 2 N–H and O–H groups in total. The summed E-state index contributed by atoms with van der Waals surface area (Å²) in [5, 5.41) is 3.97. The summed E-state index contributed by atoms with van der Waals surface area (Å²) in [6, 6.07) is 12.6. The monoisotopic (exact) mass is 754 g/mol. The van der Waals surface area contributed by atoms with Gasteiger partial charge in [-0.2, -0.15) is 0 Å². The zero-order valence-electron chi connectivity index (χ0n) is 29.9. The van der Waals surface area contributed by atoms with Gasteiger partial charge in [0.15, 0.2) is 11.4 Å². The first-order valence-electron chi connectivity index (χ1n) is 18.8. The molecule has 3 aromatic rings. The van der Waals surface area contributed by atoms with E-state index in [4.69, 9.17) is 20.8 Å². The van der Waals surface area contributed by atoms with Gasteiger partial charge < -0.3 is 19.4 Å². The third-order valence-corrected chi connectivity index (χ3v) is 11.9. The lowest BCUT2D eigenvalue weighted by Gasteiger charge is -2.30. The van der Waals surface area contributed by atoms with E-state index < -0.39 is 40.0 Å². The number of carbonyl (C=O) groups is 3. The number of nitrogens with one attached hydrogen (secondary N) is 2. The van der Waals surface area contributed by atoms with Crippen molar-refractivity contribution in [1.82, 2.24) is 19.9 Å². The van der Waals surface area contributed by atoms with Gasteiger partial charge in [-0.25, -0.2) is 18.1 Å². The van der Waals surface area contributed by atoms with Gasteiger partial charge in [-0.05, 0) is 86.9 Å². The molecular weight excluding hydrogens is 704 g/mol. The molecule has 2 aliphatic heterocycles. The molecule has 2 saturated heterocycles. The van der Waals surface area contributed by atoms with Gasteiger partial charge in [-0.3, -0.25) is 14.4 Å². The maximum Gasteiger partial charge on any atom is 0.264 e. The topological polar surface area (TPSA) is 148 Å². The SMILES string of the molecule is CS(=O)(=O)N[C@H](CCC1CCCCC1)C(=O)N1C[C@H](OCc2ccc(Cl)cc2)C[C@H]1C(=O)C[C@@H](CC1CCNCC1)C(=O)c1nc2ccccc2o1. The summed E-state index contributed by atoms with van der Waals surface area (Å²) in [6.07, 6.45) is 9.69. The minimum absolute atomic E-state index is 0.0170. The van der Waals surface area contributed by atoms with Crippen LogP contribution in [0.5, 0.6) is 0 Å². The van der Waals surface area contributed by atoms with E-state index in [0.29, 0.717) is 34.9 Å². The summed E-state index contributed by atoms with van der Waals surface area (Å²) in [5.41, 5.74) is 1.97. The van der Waals surface area contributed by atoms with Crippen LogP contribution < -0.4 is 10.0 Å². The first-order chi connectivity index (χ1) is 25.0. The van der Waals surface area contributed by atoms with Crippen LogP contribution in [-0.2, 0) is 31.0 Å². The lowest BCUT2D eigenvalue weighted by atomic mass is 9.82. The quantitative estimate of drug-likeness (QED) is 0.166. The van der Waals surface area contributed by atoms with Gasteiger partial charge in [0.1, 0.15) is 11.6 Å². The number of para-hydroxylation sites is 2. The first kappa shape index (κ1) is 38.6. The molecule has 3 fully saturated rings. The van der Waals surface area contributed by atoms with Crippen molar-refractivity contribution < 1.29 is 32.0 Å². The van der Waals surface area contributed by atoms with Crippen molar-refractivity contribution in [3.8, 4) is 0 Å². The summed E-state index contributed by atoms with van der Waals surface area (Å²) in [4.78, 5) is 48.9. The predicted molar refractivity (Wildman–Crippen MR) is 199 cm³/mol. The van der Waals surface area contributed by atoms with Crippen molar-refractivity contribution in [1.29, 1.82) is 0 Å². The van der Waals surface area contributed by atoms with Crippen LogP contribution in [0.3, 0.4) is 0 Å². The van der Waals surface area contributed by atoms with Crippen LogP contribution in [0.25, 0.3) is 11.1 Å². The fourth-order valence-electron chi connectivity index (χ4n) is 8.17. The number of rotatable bonds is 16. The predicted octanol–water partition coefficient (Wildman–Crippen LogP) is 6.09. The highest BCUT2D eigenvalue weighted by Gasteiger charge is 2.44. The Balaban J connectivity index is 1.24. The molecule has 3 heterocycles. The number of piperidine rings is 1. The average molecular weight is 755 g/mol. The highest BCUT2D eigenvalue weighted by Crippen LogP contribution is 2.32. The van der Waals surface area contributed by atoms with Gasteiger partial charge in [0, 0.05) is 30.3 Å². The Morgan fingerprint density at radius 3 is 2.46 bits per heavy atom. The Morgan fingerprint density at radius 1 is 1.02 bits per heavy atom. The van der Waals surface area contributed by atoms with Crippen LogP contribution in [0.15, 0.2) is 52.9 Å². The number of ether oxygens (including phenoxy) is 1. The van der Waals surface area contributed by atoms with Gasteiger partial charge in [0.25, 0.3) is 5.89 Å². The first-order valence-corrected chi connectivity index (χ1v) is 21.1. The molecule has 52 heavy (non-hydrogen) atoms.